The maximum atomic E-state index is 9.80. The van der Waals surface area contributed by atoms with E-state index in [1.165, 1.54) is 38.5 Å². The van der Waals surface area contributed by atoms with Gasteiger partial charge in [0.1, 0.15) is 5.54 Å². The van der Waals surface area contributed by atoms with Gasteiger partial charge in [-0.2, -0.15) is 5.26 Å². The van der Waals surface area contributed by atoms with E-state index in [9.17, 15) is 5.26 Å². The summed E-state index contributed by atoms with van der Waals surface area (Å²) in [6.45, 7) is 9.65. The number of likely N-dealkylation sites (N-methyl/N-ethyl adjacent to an activating group) is 1. The van der Waals surface area contributed by atoms with E-state index in [1.807, 2.05) is 0 Å². The Kier molecular flexibility index (Phi) is 5.46. The van der Waals surface area contributed by atoms with Crippen molar-refractivity contribution in [2.75, 3.05) is 19.6 Å². The summed E-state index contributed by atoms with van der Waals surface area (Å²) < 4.78 is 0. The predicted octanol–water partition coefficient (Wildman–Crippen LogP) is 3.17. The van der Waals surface area contributed by atoms with Gasteiger partial charge in [-0.25, -0.2) is 0 Å². The molecule has 1 N–H and O–H groups in total. The van der Waals surface area contributed by atoms with Crippen molar-refractivity contribution < 1.29 is 0 Å². The molecule has 0 aromatic heterocycles. The second-order valence-corrected chi connectivity index (χ2v) is 7.15. The highest BCUT2D eigenvalue weighted by Crippen LogP contribution is 2.40. The first-order chi connectivity index (χ1) is 9.61. The number of rotatable bonds is 8. The van der Waals surface area contributed by atoms with Gasteiger partial charge in [0.2, 0.25) is 0 Å². The molecule has 0 amide bonds. The number of nitrogens with one attached hydrogen (secondary N) is 1. The lowest BCUT2D eigenvalue weighted by Crippen LogP contribution is -2.56. The van der Waals surface area contributed by atoms with Crippen molar-refractivity contribution in [2.45, 2.75) is 70.9 Å². The summed E-state index contributed by atoms with van der Waals surface area (Å²) in [4.78, 5) is 2.63. The lowest BCUT2D eigenvalue weighted by molar-refractivity contribution is 0.131. The van der Waals surface area contributed by atoms with E-state index < -0.39 is 0 Å². The van der Waals surface area contributed by atoms with Gasteiger partial charge in [0, 0.05) is 19.1 Å². The summed E-state index contributed by atoms with van der Waals surface area (Å²) in [5.41, 5.74) is -0.299. The molecule has 0 aliphatic heterocycles. The van der Waals surface area contributed by atoms with E-state index in [1.54, 1.807) is 0 Å². The van der Waals surface area contributed by atoms with Gasteiger partial charge in [-0.3, -0.25) is 10.2 Å². The molecule has 2 rings (SSSR count). The quantitative estimate of drug-likeness (QED) is 0.740. The van der Waals surface area contributed by atoms with Crippen LogP contribution in [0.15, 0.2) is 0 Å². The monoisotopic (exact) mass is 277 g/mol. The highest BCUT2D eigenvalue weighted by molar-refractivity contribution is 5.17. The average Bonchev–Trinajstić information content (AvgIpc) is 3.12. The molecule has 0 heterocycles. The molecule has 0 bridgehead atoms. The molecule has 3 nitrogen and oxygen atoms in total. The first-order valence-corrected chi connectivity index (χ1v) is 8.51. The molecule has 1 unspecified atom stereocenters. The van der Waals surface area contributed by atoms with E-state index in [4.69, 9.17) is 0 Å². The number of hydrogen-bond acceptors (Lipinski definition) is 3. The van der Waals surface area contributed by atoms with Crippen LogP contribution in [0, 0.1) is 23.2 Å². The van der Waals surface area contributed by atoms with Crippen molar-refractivity contribution >= 4 is 0 Å². The van der Waals surface area contributed by atoms with Crippen LogP contribution in [0.2, 0.25) is 0 Å². The Labute approximate surface area is 124 Å². The summed E-state index contributed by atoms with van der Waals surface area (Å²) in [5.74, 6) is 1.25. The minimum atomic E-state index is -0.299. The Hall–Kier alpha value is -0.590. The van der Waals surface area contributed by atoms with Gasteiger partial charge in [-0.05, 0) is 44.1 Å². The third-order valence-corrected chi connectivity index (χ3v) is 4.86. The molecule has 1 atom stereocenters. The molecule has 0 spiro atoms. The summed E-state index contributed by atoms with van der Waals surface area (Å²) >= 11 is 0. The maximum absolute atomic E-state index is 9.80. The highest BCUT2D eigenvalue weighted by Gasteiger charge is 2.47. The molecular formula is C17H31N3. The first-order valence-electron chi connectivity index (χ1n) is 8.51. The fraction of sp³-hybridized carbons (Fsp3) is 0.941. The molecule has 0 radical (unpaired) electrons. The third-order valence-electron chi connectivity index (χ3n) is 4.86. The zero-order valence-electron chi connectivity index (χ0n) is 13.5. The van der Waals surface area contributed by atoms with Crippen LogP contribution in [-0.4, -0.2) is 36.1 Å². The number of hydrogen-bond donors (Lipinski definition) is 1. The largest absolute Gasteiger partial charge is 0.298 e. The summed E-state index contributed by atoms with van der Waals surface area (Å²) in [5, 5.41) is 13.3. The first kappa shape index (κ1) is 15.8. The fourth-order valence-corrected chi connectivity index (χ4v) is 3.79. The van der Waals surface area contributed by atoms with Crippen LogP contribution < -0.4 is 5.32 Å². The summed E-state index contributed by atoms with van der Waals surface area (Å²) in [7, 11) is 0. The molecule has 2 fully saturated rings. The van der Waals surface area contributed by atoms with Crippen LogP contribution in [0.5, 0.6) is 0 Å². The fourth-order valence-electron chi connectivity index (χ4n) is 3.79. The molecule has 0 saturated heterocycles. The Morgan fingerprint density at radius 2 is 1.90 bits per heavy atom. The van der Waals surface area contributed by atoms with Crippen molar-refractivity contribution in [1.82, 2.24) is 10.2 Å². The van der Waals surface area contributed by atoms with Crippen LogP contribution in [0.4, 0.5) is 0 Å². The van der Waals surface area contributed by atoms with E-state index in [2.05, 4.69) is 37.1 Å². The Morgan fingerprint density at radius 3 is 2.35 bits per heavy atom. The van der Waals surface area contributed by atoms with Crippen LogP contribution >= 0.6 is 0 Å². The molecule has 2 aliphatic carbocycles. The second-order valence-electron chi connectivity index (χ2n) is 7.15. The van der Waals surface area contributed by atoms with Crippen molar-refractivity contribution in [3.8, 4) is 6.07 Å². The van der Waals surface area contributed by atoms with Crippen LogP contribution in [0.3, 0.4) is 0 Å². The van der Waals surface area contributed by atoms with Gasteiger partial charge in [-0.15, -0.1) is 0 Å². The zero-order valence-corrected chi connectivity index (χ0v) is 13.5. The topological polar surface area (TPSA) is 39.1 Å². The van der Waals surface area contributed by atoms with Gasteiger partial charge in [-0.1, -0.05) is 33.6 Å². The van der Waals surface area contributed by atoms with E-state index in [0.29, 0.717) is 17.9 Å². The predicted molar refractivity (Wildman–Crippen MR) is 83.4 cm³/mol. The molecule has 114 valence electrons. The Balaban J connectivity index is 2.08. The van der Waals surface area contributed by atoms with E-state index in [-0.39, 0.29) is 5.54 Å². The maximum Gasteiger partial charge on any atom is 0.122 e. The van der Waals surface area contributed by atoms with E-state index >= 15 is 0 Å². The van der Waals surface area contributed by atoms with Crippen molar-refractivity contribution in [1.29, 1.82) is 5.26 Å². The highest BCUT2D eigenvalue weighted by atomic mass is 15.2. The van der Waals surface area contributed by atoms with Crippen molar-refractivity contribution in [2.24, 2.45) is 11.8 Å². The number of nitriles is 1. The van der Waals surface area contributed by atoms with Crippen LogP contribution in [0.1, 0.15) is 59.3 Å². The van der Waals surface area contributed by atoms with Crippen LogP contribution in [0.25, 0.3) is 0 Å². The van der Waals surface area contributed by atoms with Crippen molar-refractivity contribution in [3.63, 3.8) is 0 Å². The van der Waals surface area contributed by atoms with Crippen molar-refractivity contribution in [3.05, 3.63) is 0 Å². The van der Waals surface area contributed by atoms with Gasteiger partial charge in [0.25, 0.3) is 0 Å². The second kappa shape index (κ2) is 6.91. The minimum absolute atomic E-state index is 0.299. The Morgan fingerprint density at radius 1 is 1.25 bits per heavy atom. The average molecular weight is 277 g/mol. The summed E-state index contributed by atoms with van der Waals surface area (Å²) in [6, 6.07) is 3.36. The van der Waals surface area contributed by atoms with E-state index in [0.717, 1.165) is 19.6 Å². The smallest absolute Gasteiger partial charge is 0.122 e. The SMILES string of the molecule is CCNC(C#N)(CN(CC(C)C)C1CCCC1)C1CC1. The molecule has 0 aromatic carbocycles. The summed E-state index contributed by atoms with van der Waals surface area (Å²) in [6.07, 6.45) is 7.82. The lowest BCUT2D eigenvalue weighted by Gasteiger charge is -2.38. The third kappa shape index (κ3) is 3.74. The molecule has 20 heavy (non-hydrogen) atoms. The molecular weight excluding hydrogens is 246 g/mol. The molecule has 2 aliphatic rings. The minimum Gasteiger partial charge on any atom is -0.298 e. The molecule has 2 saturated carbocycles. The van der Waals surface area contributed by atoms with Gasteiger partial charge in [0.15, 0.2) is 0 Å². The molecule has 0 aromatic rings. The van der Waals surface area contributed by atoms with Gasteiger partial charge in [0.05, 0.1) is 6.07 Å². The van der Waals surface area contributed by atoms with Gasteiger partial charge < -0.3 is 0 Å². The van der Waals surface area contributed by atoms with Gasteiger partial charge >= 0.3 is 0 Å². The lowest BCUT2D eigenvalue weighted by atomic mass is 9.92. The zero-order chi connectivity index (χ0) is 14.6. The number of nitrogens with zero attached hydrogens (tertiary/aromatic N) is 2. The standard InChI is InChI=1S/C17H31N3/c1-4-19-17(12-18,15-9-10-15)13-20(11-14(2)3)16-7-5-6-8-16/h14-16,19H,4-11,13H2,1-3H3. The van der Waals surface area contributed by atoms with Crippen LogP contribution in [-0.2, 0) is 0 Å². The normalized spacial score (nSPS) is 23.2. The Bertz CT molecular complexity index is 337. The molecule has 3 heteroatoms.